The fourth-order valence-electron chi connectivity index (χ4n) is 6.98. The Morgan fingerprint density at radius 3 is 2.26 bits per heavy atom. The standard InChI is InChI=1S/C31H56O.C2H6/c1-8-28(22(2)3)17-15-23(4)26(7)31-14-10-12-27(21-25(31)6)16-18-29-19-20-30(32)13-9-11-24(29)5;1-2/h18,22-28,31H,8-17,19-21H2,1-7H3;1-2H3/b29-18-;. The number of allylic oxidation sites excluding steroid dienone is 2. The second-order valence-corrected chi connectivity index (χ2v) is 12.3. The van der Waals surface area contributed by atoms with Crippen molar-refractivity contribution in [2.75, 3.05) is 0 Å². The minimum atomic E-state index is 0.482. The monoisotopic (exact) mass is 474 g/mol. The van der Waals surface area contributed by atoms with E-state index in [0.717, 1.165) is 67.1 Å². The first-order valence-corrected chi connectivity index (χ1v) is 15.4. The average Bonchev–Trinajstić information content (AvgIpc) is 2.99. The first-order chi connectivity index (χ1) is 16.2. The molecule has 0 saturated heterocycles. The lowest BCUT2D eigenvalue weighted by Crippen LogP contribution is -2.25. The number of Topliss-reactive ketones (excluding diaryl/α,β-unsaturated/α-hetero) is 1. The number of rotatable bonds is 9. The second kappa shape index (κ2) is 17.0. The van der Waals surface area contributed by atoms with Gasteiger partial charge in [0.2, 0.25) is 0 Å². The summed E-state index contributed by atoms with van der Waals surface area (Å²) in [4.78, 5) is 11.9. The molecule has 7 atom stereocenters. The molecule has 0 radical (unpaired) electrons. The maximum atomic E-state index is 11.9. The van der Waals surface area contributed by atoms with Crippen molar-refractivity contribution in [3.63, 3.8) is 0 Å². The van der Waals surface area contributed by atoms with Crippen LogP contribution >= 0.6 is 0 Å². The number of ketones is 1. The van der Waals surface area contributed by atoms with E-state index in [0.29, 0.717) is 11.7 Å². The third-order valence-electron chi connectivity index (χ3n) is 9.75. The van der Waals surface area contributed by atoms with Gasteiger partial charge in [-0.3, -0.25) is 4.79 Å². The molecule has 0 bridgehead atoms. The minimum absolute atomic E-state index is 0.482. The third kappa shape index (κ3) is 10.6. The van der Waals surface area contributed by atoms with Crippen LogP contribution in [0.4, 0.5) is 0 Å². The molecule has 1 nitrogen and oxygen atoms in total. The van der Waals surface area contributed by atoms with E-state index in [-0.39, 0.29) is 0 Å². The highest BCUT2D eigenvalue weighted by atomic mass is 16.1. The second-order valence-electron chi connectivity index (χ2n) is 12.3. The van der Waals surface area contributed by atoms with Crippen molar-refractivity contribution in [3.05, 3.63) is 11.6 Å². The van der Waals surface area contributed by atoms with Gasteiger partial charge in [-0.25, -0.2) is 0 Å². The molecule has 2 aliphatic rings. The van der Waals surface area contributed by atoms with Crippen molar-refractivity contribution in [1.82, 2.24) is 0 Å². The van der Waals surface area contributed by atoms with E-state index in [4.69, 9.17) is 0 Å². The van der Waals surface area contributed by atoms with Crippen LogP contribution in [0.1, 0.15) is 146 Å². The molecule has 0 heterocycles. The zero-order chi connectivity index (χ0) is 25.7. The van der Waals surface area contributed by atoms with E-state index in [2.05, 4.69) is 54.5 Å². The van der Waals surface area contributed by atoms with Crippen LogP contribution in [0.5, 0.6) is 0 Å². The van der Waals surface area contributed by atoms with Gasteiger partial charge in [0.1, 0.15) is 5.78 Å². The van der Waals surface area contributed by atoms with Crippen LogP contribution in [0.3, 0.4) is 0 Å². The lowest BCUT2D eigenvalue weighted by molar-refractivity contribution is -0.119. The smallest absolute Gasteiger partial charge is 0.133 e. The summed E-state index contributed by atoms with van der Waals surface area (Å²) in [5, 5.41) is 0. The molecule has 0 aromatic rings. The summed E-state index contributed by atoms with van der Waals surface area (Å²) in [5.74, 6) is 7.19. The summed E-state index contributed by atoms with van der Waals surface area (Å²) >= 11 is 0. The van der Waals surface area contributed by atoms with E-state index in [1.54, 1.807) is 5.57 Å². The van der Waals surface area contributed by atoms with Gasteiger partial charge in [0.25, 0.3) is 0 Å². The summed E-state index contributed by atoms with van der Waals surface area (Å²) < 4.78 is 0. The van der Waals surface area contributed by atoms with Crippen molar-refractivity contribution >= 4 is 5.78 Å². The molecule has 0 spiro atoms. The van der Waals surface area contributed by atoms with Gasteiger partial charge in [0, 0.05) is 12.8 Å². The number of hydrogen-bond acceptors (Lipinski definition) is 1. The van der Waals surface area contributed by atoms with Crippen molar-refractivity contribution in [2.24, 2.45) is 47.3 Å². The number of carbonyl (C=O) groups excluding carboxylic acids is 1. The summed E-state index contributed by atoms with van der Waals surface area (Å²) in [6.45, 7) is 21.2. The predicted octanol–water partition coefficient (Wildman–Crippen LogP) is 10.7. The van der Waals surface area contributed by atoms with Crippen molar-refractivity contribution in [1.29, 1.82) is 0 Å². The van der Waals surface area contributed by atoms with Gasteiger partial charge >= 0.3 is 0 Å². The van der Waals surface area contributed by atoms with Crippen LogP contribution in [-0.2, 0) is 4.79 Å². The molecule has 2 fully saturated rings. The summed E-state index contributed by atoms with van der Waals surface area (Å²) in [7, 11) is 0. The van der Waals surface area contributed by atoms with E-state index in [1.807, 2.05) is 13.8 Å². The van der Waals surface area contributed by atoms with Crippen molar-refractivity contribution in [2.45, 2.75) is 146 Å². The molecular formula is C33H62O. The Kier molecular flexibility index (Phi) is 15.7. The molecule has 2 aliphatic carbocycles. The van der Waals surface area contributed by atoms with E-state index in [1.165, 1.54) is 57.8 Å². The minimum Gasteiger partial charge on any atom is -0.300 e. The molecule has 0 aliphatic heterocycles. The highest BCUT2D eigenvalue weighted by Gasteiger charge is 2.31. The average molecular weight is 475 g/mol. The van der Waals surface area contributed by atoms with Gasteiger partial charge in [-0.15, -0.1) is 0 Å². The number of carbonyl (C=O) groups is 1. The molecule has 7 unspecified atom stereocenters. The number of hydrogen-bond donors (Lipinski definition) is 0. The molecule has 0 amide bonds. The Balaban J connectivity index is 0.00000281. The fraction of sp³-hybridized carbons (Fsp3) is 0.909. The van der Waals surface area contributed by atoms with Gasteiger partial charge < -0.3 is 0 Å². The van der Waals surface area contributed by atoms with Crippen LogP contribution in [0, 0.1) is 47.3 Å². The molecule has 200 valence electrons. The highest BCUT2D eigenvalue weighted by molar-refractivity contribution is 5.78. The van der Waals surface area contributed by atoms with Gasteiger partial charge in [-0.05, 0) is 92.3 Å². The lowest BCUT2D eigenvalue weighted by Gasteiger charge is -2.34. The van der Waals surface area contributed by atoms with Gasteiger partial charge in [-0.2, -0.15) is 0 Å². The maximum Gasteiger partial charge on any atom is 0.133 e. The Bertz CT molecular complexity index is 573. The normalized spacial score (nSPS) is 30.5. The van der Waals surface area contributed by atoms with Crippen LogP contribution in [0.15, 0.2) is 11.6 Å². The van der Waals surface area contributed by atoms with E-state index < -0.39 is 0 Å². The van der Waals surface area contributed by atoms with E-state index in [9.17, 15) is 4.79 Å². The molecule has 0 aromatic carbocycles. The topological polar surface area (TPSA) is 17.1 Å². The SMILES string of the molecule is CC.CCC(CCC(C)C(C)C1CCCC(C/C=C2/CCC(=O)CCCC2C)CC1C)C(C)C. The molecule has 34 heavy (non-hydrogen) atoms. The van der Waals surface area contributed by atoms with Crippen molar-refractivity contribution in [3.8, 4) is 0 Å². The zero-order valence-corrected chi connectivity index (χ0v) is 24.8. The van der Waals surface area contributed by atoms with Crippen LogP contribution < -0.4 is 0 Å². The molecular weight excluding hydrogens is 412 g/mol. The first-order valence-electron chi connectivity index (χ1n) is 15.4. The van der Waals surface area contributed by atoms with Crippen LogP contribution in [0.2, 0.25) is 0 Å². The predicted molar refractivity (Wildman–Crippen MR) is 152 cm³/mol. The highest BCUT2D eigenvalue weighted by Crippen LogP contribution is 2.41. The molecule has 2 saturated carbocycles. The molecule has 0 aromatic heterocycles. The van der Waals surface area contributed by atoms with Gasteiger partial charge in [0.05, 0.1) is 0 Å². The Labute approximate surface area is 215 Å². The third-order valence-corrected chi connectivity index (χ3v) is 9.75. The summed E-state index contributed by atoms with van der Waals surface area (Å²) in [6.07, 6.45) is 18.6. The summed E-state index contributed by atoms with van der Waals surface area (Å²) in [5.41, 5.74) is 1.59. The van der Waals surface area contributed by atoms with Crippen molar-refractivity contribution < 1.29 is 4.79 Å². The maximum absolute atomic E-state index is 11.9. The Morgan fingerprint density at radius 1 is 0.912 bits per heavy atom. The summed E-state index contributed by atoms with van der Waals surface area (Å²) in [6, 6.07) is 0. The Hall–Kier alpha value is -0.590. The van der Waals surface area contributed by atoms with Crippen LogP contribution in [-0.4, -0.2) is 5.78 Å². The van der Waals surface area contributed by atoms with E-state index >= 15 is 0 Å². The first kappa shape index (κ1) is 31.4. The molecule has 1 heteroatoms. The molecule has 2 rings (SSSR count). The largest absolute Gasteiger partial charge is 0.300 e. The van der Waals surface area contributed by atoms with Gasteiger partial charge in [0.15, 0.2) is 0 Å². The zero-order valence-electron chi connectivity index (χ0n) is 24.8. The Morgan fingerprint density at radius 2 is 1.62 bits per heavy atom. The molecule has 0 N–H and O–H groups in total. The quantitative estimate of drug-likeness (QED) is 0.240. The fourth-order valence-corrected chi connectivity index (χ4v) is 6.98. The van der Waals surface area contributed by atoms with Gasteiger partial charge in [-0.1, -0.05) is 99.6 Å². The van der Waals surface area contributed by atoms with Crippen LogP contribution in [0.25, 0.3) is 0 Å². The lowest BCUT2D eigenvalue weighted by atomic mass is 9.72.